The fraction of sp³-hybridized carbons (Fsp3) is 0.188. The Bertz CT molecular complexity index is 644. The van der Waals surface area contributed by atoms with Crippen molar-refractivity contribution in [1.29, 1.82) is 0 Å². The van der Waals surface area contributed by atoms with Gasteiger partial charge >= 0.3 is 0 Å². The maximum Gasteiger partial charge on any atom is 0.243 e. The highest BCUT2D eigenvalue weighted by Gasteiger charge is 2.07. The van der Waals surface area contributed by atoms with E-state index in [1.807, 2.05) is 0 Å². The normalized spacial score (nSPS) is 9.95. The van der Waals surface area contributed by atoms with Gasteiger partial charge in [-0.15, -0.1) is 0 Å². The molecular formula is C16H17ClN2O3. The summed E-state index contributed by atoms with van der Waals surface area (Å²) in [5.41, 5.74) is 1.38. The molecule has 0 aliphatic carbocycles. The first-order valence-electron chi connectivity index (χ1n) is 6.63. The van der Waals surface area contributed by atoms with Gasteiger partial charge in [0, 0.05) is 16.8 Å². The summed E-state index contributed by atoms with van der Waals surface area (Å²) in [6.45, 7) is 0.103. The van der Waals surface area contributed by atoms with Gasteiger partial charge in [0.25, 0.3) is 0 Å². The van der Waals surface area contributed by atoms with Gasteiger partial charge in [0.15, 0.2) is 0 Å². The van der Waals surface area contributed by atoms with Crippen LogP contribution in [0.1, 0.15) is 0 Å². The molecule has 0 aliphatic heterocycles. The summed E-state index contributed by atoms with van der Waals surface area (Å²) < 4.78 is 10.4. The van der Waals surface area contributed by atoms with Crippen molar-refractivity contribution in [3.8, 4) is 11.5 Å². The molecule has 22 heavy (non-hydrogen) atoms. The van der Waals surface area contributed by atoms with E-state index in [1.165, 1.54) is 0 Å². The van der Waals surface area contributed by atoms with Crippen molar-refractivity contribution >= 4 is 28.9 Å². The largest absolute Gasteiger partial charge is 0.497 e. The van der Waals surface area contributed by atoms with Gasteiger partial charge in [0.1, 0.15) is 11.5 Å². The van der Waals surface area contributed by atoms with Gasteiger partial charge in [0.2, 0.25) is 5.91 Å². The number of carbonyl (C=O) groups excluding carboxylic acids is 1. The molecule has 0 atom stereocenters. The molecule has 0 bridgehead atoms. The maximum absolute atomic E-state index is 11.9. The number of carbonyl (C=O) groups is 1. The molecule has 0 fully saturated rings. The third-order valence-corrected chi connectivity index (χ3v) is 3.23. The van der Waals surface area contributed by atoms with Crippen LogP contribution in [-0.2, 0) is 4.79 Å². The number of methoxy groups -OCH3 is 2. The van der Waals surface area contributed by atoms with Crippen molar-refractivity contribution in [2.75, 3.05) is 31.4 Å². The minimum atomic E-state index is -0.174. The molecule has 5 nitrogen and oxygen atoms in total. The lowest BCUT2D eigenvalue weighted by atomic mass is 10.2. The van der Waals surface area contributed by atoms with E-state index in [0.29, 0.717) is 27.9 Å². The van der Waals surface area contributed by atoms with Gasteiger partial charge in [-0.3, -0.25) is 4.79 Å². The first-order chi connectivity index (χ1) is 10.6. The zero-order valence-corrected chi connectivity index (χ0v) is 13.1. The number of rotatable bonds is 6. The topological polar surface area (TPSA) is 59.6 Å². The summed E-state index contributed by atoms with van der Waals surface area (Å²) in [5.74, 6) is 1.15. The zero-order chi connectivity index (χ0) is 15.9. The maximum atomic E-state index is 11.9. The Balaban J connectivity index is 1.97. The van der Waals surface area contributed by atoms with E-state index in [1.54, 1.807) is 56.7 Å². The summed E-state index contributed by atoms with van der Waals surface area (Å²) in [5, 5.41) is 6.42. The van der Waals surface area contributed by atoms with Crippen LogP contribution in [0.15, 0.2) is 42.5 Å². The van der Waals surface area contributed by atoms with Gasteiger partial charge in [-0.05, 0) is 36.4 Å². The molecule has 1 amide bonds. The number of ether oxygens (including phenoxy) is 2. The van der Waals surface area contributed by atoms with Crippen LogP contribution in [0.2, 0.25) is 5.02 Å². The van der Waals surface area contributed by atoms with E-state index in [-0.39, 0.29) is 12.5 Å². The molecule has 0 heterocycles. The Morgan fingerprint density at radius 3 is 2.45 bits per heavy atom. The highest BCUT2D eigenvalue weighted by atomic mass is 35.5. The smallest absolute Gasteiger partial charge is 0.243 e. The van der Waals surface area contributed by atoms with Gasteiger partial charge < -0.3 is 20.1 Å². The zero-order valence-electron chi connectivity index (χ0n) is 12.4. The van der Waals surface area contributed by atoms with Crippen molar-refractivity contribution in [1.82, 2.24) is 0 Å². The second-order valence-electron chi connectivity index (χ2n) is 4.47. The van der Waals surface area contributed by atoms with Crippen molar-refractivity contribution in [3.05, 3.63) is 47.5 Å². The van der Waals surface area contributed by atoms with Gasteiger partial charge in [-0.2, -0.15) is 0 Å². The van der Waals surface area contributed by atoms with Crippen LogP contribution >= 0.6 is 11.6 Å². The predicted octanol–water partition coefficient (Wildman–Crippen LogP) is 3.41. The lowest BCUT2D eigenvalue weighted by molar-refractivity contribution is -0.114. The van der Waals surface area contributed by atoms with Crippen molar-refractivity contribution < 1.29 is 14.3 Å². The standard InChI is InChI=1S/C16H17ClN2O3/c1-21-13-7-8-15(22-2)14(9-13)18-10-16(20)19-12-5-3-11(17)4-6-12/h3-9,18H,10H2,1-2H3,(H,19,20). The summed E-state index contributed by atoms with van der Waals surface area (Å²) >= 11 is 5.80. The molecular weight excluding hydrogens is 304 g/mol. The molecule has 0 unspecified atom stereocenters. The Morgan fingerprint density at radius 1 is 1.09 bits per heavy atom. The molecule has 2 rings (SSSR count). The lowest BCUT2D eigenvalue weighted by Gasteiger charge is -2.12. The van der Waals surface area contributed by atoms with Crippen LogP contribution in [0.25, 0.3) is 0 Å². The monoisotopic (exact) mass is 320 g/mol. The molecule has 6 heteroatoms. The minimum absolute atomic E-state index is 0.103. The van der Waals surface area contributed by atoms with Crippen LogP contribution in [-0.4, -0.2) is 26.7 Å². The predicted molar refractivity (Wildman–Crippen MR) is 88.1 cm³/mol. The molecule has 2 N–H and O–H groups in total. The Labute approximate surface area is 134 Å². The van der Waals surface area contributed by atoms with Crippen LogP contribution in [0.3, 0.4) is 0 Å². The van der Waals surface area contributed by atoms with E-state index in [0.717, 1.165) is 0 Å². The number of benzene rings is 2. The van der Waals surface area contributed by atoms with Crippen LogP contribution in [0.5, 0.6) is 11.5 Å². The summed E-state index contributed by atoms with van der Waals surface area (Å²) in [6, 6.07) is 12.3. The van der Waals surface area contributed by atoms with Crippen molar-refractivity contribution in [3.63, 3.8) is 0 Å². The van der Waals surface area contributed by atoms with Crippen molar-refractivity contribution in [2.45, 2.75) is 0 Å². The molecule has 2 aromatic carbocycles. The lowest BCUT2D eigenvalue weighted by Crippen LogP contribution is -2.21. The second kappa shape index (κ2) is 7.56. The number of halogens is 1. The fourth-order valence-corrected chi connectivity index (χ4v) is 1.99. The molecule has 0 saturated carbocycles. The van der Waals surface area contributed by atoms with Crippen molar-refractivity contribution in [2.24, 2.45) is 0 Å². The Kier molecular flexibility index (Phi) is 5.49. The van der Waals surface area contributed by atoms with Crippen LogP contribution in [0.4, 0.5) is 11.4 Å². The summed E-state index contributed by atoms with van der Waals surface area (Å²) in [7, 11) is 3.15. The van der Waals surface area contributed by atoms with E-state index in [9.17, 15) is 4.79 Å². The molecule has 116 valence electrons. The number of hydrogen-bond acceptors (Lipinski definition) is 4. The first kappa shape index (κ1) is 16.0. The van der Waals surface area contributed by atoms with E-state index >= 15 is 0 Å². The van der Waals surface area contributed by atoms with Gasteiger partial charge in [-0.25, -0.2) is 0 Å². The second-order valence-corrected chi connectivity index (χ2v) is 4.91. The summed E-state index contributed by atoms with van der Waals surface area (Å²) in [6.07, 6.45) is 0. The number of anilines is 2. The Hall–Kier alpha value is -2.40. The molecule has 0 saturated heterocycles. The minimum Gasteiger partial charge on any atom is -0.497 e. The Morgan fingerprint density at radius 2 is 1.82 bits per heavy atom. The fourth-order valence-electron chi connectivity index (χ4n) is 1.87. The third kappa shape index (κ3) is 4.30. The molecule has 0 radical (unpaired) electrons. The highest BCUT2D eigenvalue weighted by molar-refractivity contribution is 6.30. The average molecular weight is 321 g/mol. The highest BCUT2D eigenvalue weighted by Crippen LogP contribution is 2.28. The number of nitrogens with one attached hydrogen (secondary N) is 2. The quantitative estimate of drug-likeness (QED) is 0.856. The van der Waals surface area contributed by atoms with E-state index < -0.39 is 0 Å². The van der Waals surface area contributed by atoms with Crippen LogP contribution < -0.4 is 20.1 Å². The first-order valence-corrected chi connectivity index (χ1v) is 7.01. The van der Waals surface area contributed by atoms with Gasteiger partial charge in [0.05, 0.1) is 26.5 Å². The third-order valence-electron chi connectivity index (χ3n) is 2.97. The van der Waals surface area contributed by atoms with Gasteiger partial charge in [-0.1, -0.05) is 11.6 Å². The van der Waals surface area contributed by atoms with E-state index in [2.05, 4.69) is 10.6 Å². The number of amides is 1. The molecule has 0 aliphatic rings. The van der Waals surface area contributed by atoms with E-state index in [4.69, 9.17) is 21.1 Å². The average Bonchev–Trinajstić information content (AvgIpc) is 2.54. The molecule has 0 aromatic heterocycles. The molecule has 0 spiro atoms. The SMILES string of the molecule is COc1ccc(OC)c(NCC(=O)Nc2ccc(Cl)cc2)c1. The van der Waals surface area contributed by atoms with Crippen LogP contribution in [0, 0.1) is 0 Å². The number of hydrogen-bond donors (Lipinski definition) is 2. The molecule has 2 aromatic rings. The summed E-state index contributed by atoms with van der Waals surface area (Å²) in [4.78, 5) is 11.9.